The van der Waals surface area contributed by atoms with Crippen molar-refractivity contribution in [2.24, 2.45) is 0 Å². The summed E-state index contributed by atoms with van der Waals surface area (Å²) in [6, 6.07) is 6.72. The molecule has 1 saturated carbocycles. The van der Waals surface area contributed by atoms with E-state index in [-0.39, 0.29) is 0 Å². The third-order valence-electron chi connectivity index (χ3n) is 2.92. The maximum atomic E-state index is 5.89. The molecule has 0 atom stereocenters. The highest BCUT2D eigenvalue weighted by Gasteiger charge is 2.27. The first-order valence-electron chi connectivity index (χ1n) is 5.48. The fourth-order valence-corrected chi connectivity index (χ4v) is 1.98. The Kier molecular flexibility index (Phi) is 3.17. The van der Waals surface area contributed by atoms with Gasteiger partial charge in [-0.15, -0.1) is 0 Å². The van der Waals surface area contributed by atoms with Gasteiger partial charge in [-0.05, 0) is 37.1 Å². The molecule has 2 rings (SSSR count). The maximum Gasteiger partial charge on any atom is 0.0635 e. The fraction of sp³-hybridized carbons (Fsp3) is 0.500. The van der Waals surface area contributed by atoms with E-state index in [2.05, 4.69) is 17.9 Å². The highest BCUT2D eigenvalue weighted by molar-refractivity contribution is 6.33. The normalized spacial score (nSPS) is 15.9. The van der Waals surface area contributed by atoms with Gasteiger partial charge < -0.3 is 5.73 Å². The van der Waals surface area contributed by atoms with Gasteiger partial charge >= 0.3 is 0 Å². The van der Waals surface area contributed by atoms with Gasteiger partial charge in [0.1, 0.15) is 0 Å². The lowest BCUT2D eigenvalue weighted by molar-refractivity contribution is 0.269. The molecule has 0 saturated heterocycles. The van der Waals surface area contributed by atoms with Crippen LogP contribution in [0.3, 0.4) is 0 Å². The van der Waals surface area contributed by atoms with Crippen molar-refractivity contribution in [1.82, 2.24) is 4.90 Å². The van der Waals surface area contributed by atoms with Crippen LogP contribution in [0.4, 0.5) is 5.69 Å². The van der Waals surface area contributed by atoms with Gasteiger partial charge in [0.25, 0.3) is 0 Å². The van der Waals surface area contributed by atoms with Gasteiger partial charge in [0.2, 0.25) is 0 Å². The molecule has 0 aromatic heterocycles. The van der Waals surface area contributed by atoms with Crippen LogP contribution in [0.25, 0.3) is 0 Å². The van der Waals surface area contributed by atoms with Gasteiger partial charge in [0.05, 0.1) is 10.7 Å². The second-order valence-electron chi connectivity index (χ2n) is 4.15. The average molecular weight is 225 g/mol. The Morgan fingerprint density at radius 1 is 1.47 bits per heavy atom. The molecule has 2 nitrogen and oxygen atoms in total. The van der Waals surface area contributed by atoms with E-state index >= 15 is 0 Å². The molecule has 1 aliphatic carbocycles. The molecule has 1 aromatic carbocycles. The Bertz CT molecular complexity index is 347. The van der Waals surface area contributed by atoms with Crippen molar-refractivity contribution in [2.45, 2.75) is 32.4 Å². The molecule has 0 unspecified atom stereocenters. The van der Waals surface area contributed by atoms with Crippen molar-refractivity contribution < 1.29 is 0 Å². The van der Waals surface area contributed by atoms with Crippen LogP contribution in [0.1, 0.15) is 25.3 Å². The minimum Gasteiger partial charge on any atom is -0.398 e. The molecule has 0 aliphatic heterocycles. The summed E-state index contributed by atoms with van der Waals surface area (Å²) in [4.78, 5) is 2.49. The zero-order valence-corrected chi connectivity index (χ0v) is 9.80. The van der Waals surface area contributed by atoms with Crippen LogP contribution in [0.5, 0.6) is 0 Å². The number of nitrogens with zero attached hydrogens (tertiary/aromatic N) is 1. The standard InChI is InChI=1S/C12H17ClN2/c1-2-15(10-4-5-10)8-9-3-6-11(13)12(14)7-9/h3,6-7,10H,2,4-5,8,14H2,1H3. The zero-order valence-electron chi connectivity index (χ0n) is 9.04. The number of anilines is 1. The Morgan fingerprint density at radius 3 is 2.73 bits per heavy atom. The first-order valence-corrected chi connectivity index (χ1v) is 5.86. The Balaban J connectivity index is 2.05. The largest absolute Gasteiger partial charge is 0.398 e. The molecule has 1 fully saturated rings. The average Bonchev–Trinajstić information content (AvgIpc) is 3.03. The number of rotatable bonds is 4. The summed E-state index contributed by atoms with van der Waals surface area (Å²) in [6.45, 7) is 4.30. The molecule has 2 N–H and O–H groups in total. The van der Waals surface area contributed by atoms with E-state index in [0.29, 0.717) is 10.7 Å². The first-order chi connectivity index (χ1) is 7.20. The molecule has 0 heterocycles. The Morgan fingerprint density at radius 2 is 2.20 bits per heavy atom. The van der Waals surface area contributed by atoms with Crippen LogP contribution >= 0.6 is 11.6 Å². The van der Waals surface area contributed by atoms with Crippen molar-refractivity contribution in [3.8, 4) is 0 Å². The summed E-state index contributed by atoms with van der Waals surface area (Å²) in [5.74, 6) is 0. The zero-order chi connectivity index (χ0) is 10.8. The van der Waals surface area contributed by atoms with Crippen LogP contribution in [-0.2, 0) is 6.54 Å². The number of benzene rings is 1. The summed E-state index contributed by atoms with van der Waals surface area (Å²) in [5, 5.41) is 0.647. The van der Waals surface area contributed by atoms with Crippen LogP contribution < -0.4 is 5.73 Å². The molecular formula is C12H17ClN2. The SMILES string of the molecule is CCN(Cc1ccc(Cl)c(N)c1)C1CC1. The molecule has 0 radical (unpaired) electrons. The van der Waals surface area contributed by atoms with Crippen molar-refractivity contribution in [3.05, 3.63) is 28.8 Å². The lowest BCUT2D eigenvalue weighted by Crippen LogP contribution is -2.24. The van der Waals surface area contributed by atoms with Crippen LogP contribution in [0.2, 0.25) is 5.02 Å². The summed E-state index contributed by atoms with van der Waals surface area (Å²) in [7, 11) is 0. The van der Waals surface area contributed by atoms with Crippen molar-refractivity contribution in [3.63, 3.8) is 0 Å². The van der Waals surface area contributed by atoms with E-state index < -0.39 is 0 Å². The van der Waals surface area contributed by atoms with Crippen molar-refractivity contribution >= 4 is 17.3 Å². The van der Waals surface area contributed by atoms with Gasteiger partial charge in [-0.3, -0.25) is 4.90 Å². The molecule has 0 bridgehead atoms. The van der Waals surface area contributed by atoms with Crippen molar-refractivity contribution in [2.75, 3.05) is 12.3 Å². The molecule has 1 aromatic rings. The second kappa shape index (κ2) is 4.42. The smallest absolute Gasteiger partial charge is 0.0635 e. The quantitative estimate of drug-likeness (QED) is 0.797. The molecule has 0 spiro atoms. The lowest BCUT2D eigenvalue weighted by Gasteiger charge is -2.20. The highest BCUT2D eigenvalue weighted by Crippen LogP contribution is 2.28. The Hall–Kier alpha value is -0.730. The molecular weight excluding hydrogens is 208 g/mol. The van der Waals surface area contributed by atoms with Crippen LogP contribution in [0, 0.1) is 0 Å². The van der Waals surface area contributed by atoms with Gasteiger partial charge in [-0.2, -0.15) is 0 Å². The fourth-order valence-electron chi connectivity index (χ4n) is 1.86. The predicted molar refractivity (Wildman–Crippen MR) is 65.0 cm³/mol. The molecule has 82 valence electrons. The van der Waals surface area contributed by atoms with Gasteiger partial charge in [-0.25, -0.2) is 0 Å². The molecule has 3 heteroatoms. The van der Waals surface area contributed by atoms with E-state index in [0.717, 1.165) is 19.1 Å². The van der Waals surface area contributed by atoms with E-state index in [1.165, 1.54) is 18.4 Å². The summed E-state index contributed by atoms with van der Waals surface area (Å²) >= 11 is 5.89. The maximum absolute atomic E-state index is 5.89. The van der Waals surface area contributed by atoms with Crippen molar-refractivity contribution in [1.29, 1.82) is 0 Å². The second-order valence-corrected chi connectivity index (χ2v) is 4.56. The molecule has 0 amide bonds. The van der Waals surface area contributed by atoms with E-state index in [1.807, 2.05) is 12.1 Å². The third-order valence-corrected chi connectivity index (χ3v) is 3.26. The number of halogens is 1. The van der Waals surface area contributed by atoms with Crippen LogP contribution in [-0.4, -0.2) is 17.5 Å². The number of hydrogen-bond acceptors (Lipinski definition) is 2. The Labute approximate surface area is 96.0 Å². The van der Waals surface area contributed by atoms with E-state index in [9.17, 15) is 0 Å². The van der Waals surface area contributed by atoms with Gasteiger partial charge in [0.15, 0.2) is 0 Å². The lowest BCUT2D eigenvalue weighted by atomic mass is 10.2. The third kappa shape index (κ3) is 2.64. The number of nitrogen functional groups attached to an aromatic ring is 1. The summed E-state index contributed by atoms with van der Waals surface area (Å²) < 4.78 is 0. The predicted octanol–water partition coefficient (Wildman–Crippen LogP) is 2.91. The minimum absolute atomic E-state index is 0.647. The van der Waals surface area contributed by atoms with Gasteiger partial charge in [0, 0.05) is 12.6 Å². The monoisotopic (exact) mass is 224 g/mol. The topological polar surface area (TPSA) is 29.3 Å². The molecule has 1 aliphatic rings. The summed E-state index contributed by atoms with van der Waals surface area (Å²) in [6.07, 6.45) is 2.69. The van der Waals surface area contributed by atoms with Crippen LogP contribution in [0.15, 0.2) is 18.2 Å². The number of nitrogens with two attached hydrogens (primary N) is 1. The van der Waals surface area contributed by atoms with Gasteiger partial charge in [-0.1, -0.05) is 24.6 Å². The van der Waals surface area contributed by atoms with E-state index in [4.69, 9.17) is 17.3 Å². The number of hydrogen-bond donors (Lipinski definition) is 1. The summed E-state index contributed by atoms with van der Waals surface area (Å²) in [5.41, 5.74) is 7.72. The van der Waals surface area contributed by atoms with E-state index in [1.54, 1.807) is 0 Å². The minimum atomic E-state index is 0.647. The first kappa shape index (κ1) is 10.8. The highest BCUT2D eigenvalue weighted by atomic mass is 35.5. The molecule has 15 heavy (non-hydrogen) atoms.